The highest BCUT2D eigenvalue weighted by atomic mass is 19.1. The summed E-state index contributed by atoms with van der Waals surface area (Å²) >= 11 is 0. The van der Waals surface area contributed by atoms with Crippen molar-refractivity contribution in [3.05, 3.63) is 59.2 Å². The number of pyridine rings is 1. The zero-order valence-corrected chi connectivity index (χ0v) is 10.6. The zero-order chi connectivity index (χ0) is 14.7. The van der Waals surface area contributed by atoms with E-state index in [0.717, 1.165) is 6.07 Å². The lowest BCUT2D eigenvalue weighted by Crippen LogP contribution is -2.16. The summed E-state index contributed by atoms with van der Waals surface area (Å²) < 4.78 is 13.2. The highest BCUT2D eigenvalue weighted by molar-refractivity contribution is 6.07. The SMILES string of the molecule is Cc1cc(F)cc(C(=O)Nc2cccnc2C(=O)O)c1. The van der Waals surface area contributed by atoms with Crippen molar-refractivity contribution in [3.63, 3.8) is 0 Å². The standard InChI is InChI=1S/C14H11FN2O3/c1-8-5-9(7-10(15)6-8)13(18)17-11-3-2-4-16-12(11)14(19)20/h2-7H,1H3,(H,17,18)(H,19,20). The molecular weight excluding hydrogens is 263 g/mol. The van der Waals surface area contributed by atoms with E-state index in [-0.39, 0.29) is 16.9 Å². The summed E-state index contributed by atoms with van der Waals surface area (Å²) in [6.45, 7) is 1.66. The molecule has 102 valence electrons. The molecule has 0 spiro atoms. The molecule has 0 bridgehead atoms. The number of aromatic nitrogens is 1. The van der Waals surface area contributed by atoms with Gasteiger partial charge in [-0.05, 0) is 42.8 Å². The van der Waals surface area contributed by atoms with Crippen molar-refractivity contribution in [1.29, 1.82) is 0 Å². The minimum Gasteiger partial charge on any atom is -0.476 e. The van der Waals surface area contributed by atoms with Gasteiger partial charge in [0.15, 0.2) is 5.69 Å². The second kappa shape index (κ2) is 5.48. The molecule has 0 radical (unpaired) electrons. The van der Waals surface area contributed by atoms with Crippen LogP contribution in [0.1, 0.15) is 26.4 Å². The predicted octanol–water partition coefficient (Wildman–Crippen LogP) is 2.48. The topological polar surface area (TPSA) is 79.3 Å². The van der Waals surface area contributed by atoms with Gasteiger partial charge in [-0.25, -0.2) is 14.2 Å². The van der Waals surface area contributed by atoms with Crippen LogP contribution < -0.4 is 5.32 Å². The molecule has 2 N–H and O–H groups in total. The number of carbonyl (C=O) groups is 2. The van der Waals surface area contributed by atoms with Crippen molar-refractivity contribution in [2.24, 2.45) is 0 Å². The van der Waals surface area contributed by atoms with Crippen LogP contribution in [0.25, 0.3) is 0 Å². The van der Waals surface area contributed by atoms with Crippen LogP contribution in [-0.4, -0.2) is 22.0 Å². The van der Waals surface area contributed by atoms with Gasteiger partial charge in [0.25, 0.3) is 5.91 Å². The minimum absolute atomic E-state index is 0.0620. The molecule has 0 fully saturated rings. The fraction of sp³-hybridized carbons (Fsp3) is 0.0714. The molecule has 0 saturated carbocycles. The second-order valence-corrected chi connectivity index (χ2v) is 4.18. The summed E-state index contributed by atoms with van der Waals surface area (Å²) in [5, 5.41) is 11.4. The van der Waals surface area contributed by atoms with Crippen LogP contribution >= 0.6 is 0 Å². The Morgan fingerprint density at radius 2 is 2.05 bits per heavy atom. The van der Waals surface area contributed by atoms with Gasteiger partial charge in [0, 0.05) is 11.8 Å². The summed E-state index contributed by atoms with van der Waals surface area (Å²) in [5.74, 6) is -2.38. The third kappa shape index (κ3) is 2.97. The van der Waals surface area contributed by atoms with E-state index in [4.69, 9.17) is 5.11 Å². The summed E-state index contributed by atoms with van der Waals surface area (Å²) in [6, 6.07) is 6.80. The van der Waals surface area contributed by atoms with Crippen molar-refractivity contribution >= 4 is 17.6 Å². The number of halogens is 1. The van der Waals surface area contributed by atoms with E-state index in [1.54, 1.807) is 6.92 Å². The van der Waals surface area contributed by atoms with Gasteiger partial charge >= 0.3 is 5.97 Å². The lowest BCUT2D eigenvalue weighted by molar-refractivity contribution is 0.0691. The largest absolute Gasteiger partial charge is 0.476 e. The van der Waals surface area contributed by atoms with Crippen molar-refractivity contribution in [2.45, 2.75) is 6.92 Å². The van der Waals surface area contributed by atoms with Gasteiger partial charge in [0.05, 0.1) is 5.69 Å². The van der Waals surface area contributed by atoms with E-state index >= 15 is 0 Å². The number of benzene rings is 1. The maximum absolute atomic E-state index is 13.2. The smallest absolute Gasteiger partial charge is 0.356 e. The molecule has 0 saturated heterocycles. The van der Waals surface area contributed by atoms with Crippen LogP contribution in [-0.2, 0) is 0 Å². The molecule has 2 rings (SSSR count). The molecule has 0 aliphatic heterocycles. The molecule has 2 aromatic rings. The minimum atomic E-state index is -1.25. The third-order valence-electron chi connectivity index (χ3n) is 2.56. The average Bonchev–Trinajstić information content (AvgIpc) is 2.37. The summed E-state index contributed by atoms with van der Waals surface area (Å²) in [5.41, 5.74) is 0.503. The average molecular weight is 274 g/mol. The highest BCUT2D eigenvalue weighted by Gasteiger charge is 2.15. The molecule has 20 heavy (non-hydrogen) atoms. The Labute approximate surface area is 114 Å². The van der Waals surface area contributed by atoms with Crippen LogP contribution in [0.2, 0.25) is 0 Å². The monoisotopic (exact) mass is 274 g/mol. The van der Waals surface area contributed by atoms with Gasteiger partial charge in [-0.15, -0.1) is 0 Å². The first kappa shape index (κ1) is 13.7. The summed E-state index contributed by atoms with van der Waals surface area (Å²) in [6.07, 6.45) is 1.31. The van der Waals surface area contributed by atoms with Crippen LogP contribution in [0.3, 0.4) is 0 Å². The maximum atomic E-state index is 13.2. The van der Waals surface area contributed by atoms with Crippen molar-refractivity contribution in [2.75, 3.05) is 5.32 Å². The van der Waals surface area contributed by atoms with E-state index < -0.39 is 17.7 Å². The lowest BCUT2D eigenvalue weighted by atomic mass is 10.1. The highest BCUT2D eigenvalue weighted by Crippen LogP contribution is 2.15. The van der Waals surface area contributed by atoms with Crippen LogP contribution in [0.5, 0.6) is 0 Å². The first-order valence-corrected chi connectivity index (χ1v) is 5.74. The Balaban J connectivity index is 2.30. The molecule has 1 aromatic heterocycles. The zero-order valence-electron chi connectivity index (χ0n) is 10.6. The van der Waals surface area contributed by atoms with Crippen LogP contribution in [0.4, 0.5) is 10.1 Å². The van der Waals surface area contributed by atoms with Crippen molar-refractivity contribution in [3.8, 4) is 0 Å². The van der Waals surface area contributed by atoms with Gasteiger partial charge in [0.2, 0.25) is 0 Å². The molecule has 0 atom stereocenters. The molecule has 0 unspecified atom stereocenters. The Hall–Kier alpha value is -2.76. The Bertz CT molecular complexity index is 666. The number of hydrogen-bond acceptors (Lipinski definition) is 3. The second-order valence-electron chi connectivity index (χ2n) is 4.18. The Kier molecular flexibility index (Phi) is 3.74. The summed E-state index contributed by atoms with van der Waals surface area (Å²) in [7, 11) is 0. The van der Waals surface area contributed by atoms with E-state index in [9.17, 15) is 14.0 Å². The van der Waals surface area contributed by atoms with Crippen molar-refractivity contribution in [1.82, 2.24) is 4.98 Å². The number of aromatic carboxylic acids is 1. The molecular formula is C14H11FN2O3. The van der Waals surface area contributed by atoms with Gasteiger partial charge in [-0.3, -0.25) is 4.79 Å². The molecule has 1 heterocycles. The van der Waals surface area contributed by atoms with Gasteiger partial charge in [-0.1, -0.05) is 0 Å². The number of nitrogens with zero attached hydrogens (tertiary/aromatic N) is 1. The van der Waals surface area contributed by atoms with Crippen LogP contribution in [0.15, 0.2) is 36.5 Å². The molecule has 5 nitrogen and oxygen atoms in total. The summed E-state index contributed by atoms with van der Waals surface area (Å²) in [4.78, 5) is 26.6. The van der Waals surface area contributed by atoms with Gasteiger partial charge < -0.3 is 10.4 Å². The number of carboxylic acid groups (broad SMARTS) is 1. The van der Waals surface area contributed by atoms with Gasteiger partial charge in [0.1, 0.15) is 5.82 Å². The van der Waals surface area contributed by atoms with E-state index in [0.29, 0.717) is 5.56 Å². The number of aryl methyl sites for hydroxylation is 1. The fourth-order valence-corrected chi connectivity index (χ4v) is 1.74. The Morgan fingerprint density at radius 1 is 1.30 bits per heavy atom. The fourth-order valence-electron chi connectivity index (χ4n) is 1.74. The predicted molar refractivity (Wildman–Crippen MR) is 70.3 cm³/mol. The molecule has 0 aliphatic carbocycles. The molecule has 6 heteroatoms. The number of carboxylic acids is 1. The lowest BCUT2D eigenvalue weighted by Gasteiger charge is -2.08. The van der Waals surface area contributed by atoms with Crippen LogP contribution in [0, 0.1) is 12.7 Å². The molecule has 1 aromatic carbocycles. The van der Waals surface area contributed by atoms with E-state index in [1.165, 1.54) is 30.5 Å². The van der Waals surface area contributed by atoms with Gasteiger partial charge in [-0.2, -0.15) is 0 Å². The number of nitrogens with one attached hydrogen (secondary N) is 1. The van der Waals surface area contributed by atoms with Crippen molar-refractivity contribution < 1.29 is 19.1 Å². The molecule has 0 aliphatic rings. The molecule has 1 amide bonds. The van der Waals surface area contributed by atoms with E-state index in [1.807, 2.05) is 0 Å². The number of anilines is 1. The quantitative estimate of drug-likeness (QED) is 0.901. The normalized spacial score (nSPS) is 10.1. The first-order valence-electron chi connectivity index (χ1n) is 5.74. The number of rotatable bonds is 3. The Morgan fingerprint density at radius 3 is 2.70 bits per heavy atom. The third-order valence-corrected chi connectivity index (χ3v) is 2.56. The number of hydrogen-bond donors (Lipinski definition) is 2. The van der Waals surface area contributed by atoms with E-state index in [2.05, 4.69) is 10.3 Å². The maximum Gasteiger partial charge on any atom is 0.356 e. The number of carbonyl (C=O) groups excluding carboxylic acids is 1. The number of amides is 1. The first-order chi connectivity index (χ1) is 9.47.